The Morgan fingerprint density at radius 1 is 1.50 bits per heavy atom. The molecule has 3 heterocycles. The number of anilines is 2. The number of hydrogen-bond donors (Lipinski definition) is 3. The van der Waals surface area contributed by atoms with Crippen LogP contribution in [0.25, 0.3) is 11.0 Å². The van der Waals surface area contributed by atoms with Gasteiger partial charge in [-0.2, -0.15) is 0 Å². The Morgan fingerprint density at radius 3 is 2.73 bits per heavy atom. The number of nitrogens with two attached hydrogens (primary N) is 2. The molecule has 0 unspecified atom stereocenters. The number of nitrogen functional groups attached to an aromatic ring is 1. The first-order chi connectivity index (χ1) is 10.2. The van der Waals surface area contributed by atoms with Gasteiger partial charge in [-0.15, -0.1) is 0 Å². The Balaban J connectivity index is 2.66. The van der Waals surface area contributed by atoms with E-state index in [1.54, 1.807) is 4.57 Å². The van der Waals surface area contributed by atoms with Crippen molar-refractivity contribution in [2.45, 2.75) is 19.4 Å². The van der Waals surface area contributed by atoms with Gasteiger partial charge in [0, 0.05) is 6.54 Å². The smallest absolute Gasteiger partial charge is 0.256 e. The van der Waals surface area contributed by atoms with Crippen LogP contribution < -0.4 is 22.2 Å². The van der Waals surface area contributed by atoms with Crippen molar-refractivity contribution in [3.8, 4) is 0 Å². The van der Waals surface area contributed by atoms with Gasteiger partial charge in [0.15, 0.2) is 11.0 Å². The molecular formula is C13H13ClFN5O2. The normalized spacial score (nSPS) is 15.6. The van der Waals surface area contributed by atoms with E-state index >= 15 is 0 Å². The van der Waals surface area contributed by atoms with Gasteiger partial charge in [-0.1, -0.05) is 11.6 Å². The summed E-state index contributed by atoms with van der Waals surface area (Å²) in [6.07, 6.45) is 0. The molecule has 2 aromatic rings. The molecule has 0 saturated carbocycles. The predicted octanol–water partition coefficient (Wildman–Crippen LogP) is 1.03. The van der Waals surface area contributed by atoms with Crippen molar-refractivity contribution < 1.29 is 9.18 Å². The van der Waals surface area contributed by atoms with Gasteiger partial charge >= 0.3 is 0 Å². The zero-order chi connectivity index (χ0) is 16.4. The van der Waals surface area contributed by atoms with E-state index in [-0.39, 0.29) is 22.4 Å². The number of amides is 1. The number of fused-ring (bicyclic) bond motifs is 3. The van der Waals surface area contributed by atoms with Crippen LogP contribution >= 0.6 is 11.6 Å². The number of hydrogen-bond acceptors (Lipinski definition) is 5. The van der Waals surface area contributed by atoms with E-state index in [2.05, 4.69) is 10.3 Å². The first-order valence-electron chi connectivity index (χ1n) is 6.44. The molecule has 0 fully saturated rings. The zero-order valence-corrected chi connectivity index (χ0v) is 12.6. The Hall–Kier alpha value is -2.35. The van der Waals surface area contributed by atoms with Crippen molar-refractivity contribution in [2.75, 3.05) is 17.6 Å². The Morgan fingerprint density at radius 2 is 2.14 bits per heavy atom. The highest BCUT2D eigenvalue weighted by Crippen LogP contribution is 2.36. The van der Waals surface area contributed by atoms with Crippen LogP contribution in [0.3, 0.4) is 0 Å². The highest BCUT2D eigenvalue weighted by molar-refractivity contribution is 6.30. The van der Waals surface area contributed by atoms with Crippen LogP contribution in [0, 0.1) is 5.82 Å². The van der Waals surface area contributed by atoms with Crippen LogP contribution in [-0.4, -0.2) is 22.0 Å². The molecule has 7 nitrogen and oxygen atoms in total. The quantitative estimate of drug-likeness (QED) is 0.677. The first-order valence-corrected chi connectivity index (χ1v) is 6.82. The number of carbonyl (C=O) groups excluding carboxylic acids is 1. The highest BCUT2D eigenvalue weighted by atomic mass is 35.5. The molecule has 9 heteroatoms. The van der Waals surface area contributed by atoms with Crippen LogP contribution in [0.1, 0.15) is 24.2 Å². The zero-order valence-electron chi connectivity index (χ0n) is 11.8. The van der Waals surface area contributed by atoms with Gasteiger partial charge < -0.3 is 21.4 Å². The fourth-order valence-corrected chi connectivity index (χ4v) is 2.92. The van der Waals surface area contributed by atoms with Crippen molar-refractivity contribution in [3.05, 3.63) is 26.8 Å². The SMILES string of the molecule is CC1(C)CNc2c(C(N)=O)c(=O)c3c(N)c(F)c(Cl)nc3n21. The minimum Gasteiger partial charge on any atom is -0.396 e. The average molecular weight is 326 g/mol. The average Bonchev–Trinajstić information content (AvgIpc) is 2.71. The molecule has 1 aliphatic heterocycles. The number of nitrogens with one attached hydrogen (secondary N) is 1. The third-order valence-corrected chi connectivity index (χ3v) is 4.03. The molecule has 0 atom stereocenters. The molecule has 0 aliphatic carbocycles. The number of nitrogens with zero attached hydrogens (tertiary/aromatic N) is 2. The van der Waals surface area contributed by atoms with Gasteiger partial charge in [-0.25, -0.2) is 9.37 Å². The molecule has 0 bridgehead atoms. The molecule has 0 saturated heterocycles. The van der Waals surface area contributed by atoms with E-state index < -0.39 is 33.5 Å². The Labute approximate surface area is 129 Å². The fourth-order valence-electron chi connectivity index (χ4n) is 2.74. The Bertz CT molecular complexity index is 906. The largest absolute Gasteiger partial charge is 0.396 e. The number of pyridine rings is 2. The predicted molar refractivity (Wildman–Crippen MR) is 81.7 cm³/mol. The van der Waals surface area contributed by atoms with E-state index in [4.69, 9.17) is 23.1 Å². The standard InChI is InChI=1S/C13H13ClFN5O2/c1-13(2)3-18-11-5(10(17)22)8(21)4-7(16)6(15)9(14)19-12(4)20(11)13/h18H,3H2,1-2H3,(H2,16,19)(H2,17,22). The molecular weight excluding hydrogens is 313 g/mol. The minimum absolute atomic E-state index is 0.115. The van der Waals surface area contributed by atoms with Crippen LogP contribution in [-0.2, 0) is 5.54 Å². The van der Waals surface area contributed by atoms with Gasteiger partial charge in [-0.3, -0.25) is 9.59 Å². The molecule has 5 N–H and O–H groups in total. The number of carbonyl (C=O) groups is 1. The van der Waals surface area contributed by atoms with E-state index in [0.29, 0.717) is 6.54 Å². The van der Waals surface area contributed by atoms with E-state index in [9.17, 15) is 14.0 Å². The summed E-state index contributed by atoms with van der Waals surface area (Å²) in [6.45, 7) is 4.16. The van der Waals surface area contributed by atoms with Crippen molar-refractivity contribution in [3.63, 3.8) is 0 Å². The molecule has 1 amide bonds. The molecule has 116 valence electrons. The van der Waals surface area contributed by atoms with Gasteiger partial charge in [0.05, 0.1) is 16.6 Å². The van der Waals surface area contributed by atoms with Crippen LogP contribution in [0.4, 0.5) is 15.9 Å². The van der Waals surface area contributed by atoms with Crippen LogP contribution in [0.15, 0.2) is 4.79 Å². The summed E-state index contributed by atoms with van der Waals surface area (Å²) in [5, 5.41) is 2.34. The fraction of sp³-hybridized carbons (Fsp3) is 0.308. The minimum atomic E-state index is -0.994. The van der Waals surface area contributed by atoms with Crippen molar-refractivity contribution in [1.29, 1.82) is 0 Å². The lowest BCUT2D eigenvalue weighted by atomic mass is 10.1. The summed E-state index contributed by atoms with van der Waals surface area (Å²) in [5.74, 6) is -1.67. The lowest BCUT2D eigenvalue weighted by molar-refractivity contribution is 0.1000. The van der Waals surface area contributed by atoms with Gasteiger partial charge in [0.1, 0.15) is 17.0 Å². The van der Waals surface area contributed by atoms with Crippen LogP contribution in [0.5, 0.6) is 0 Å². The Kier molecular flexibility index (Phi) is 2.87. The molecule has 1 aliphatic rings. The van der Waals surface area contributed by atoms with E-state index in [1.807, 2.05) is 13.8 Å². The maximum absolute atomic E-state index is 13.9. The molecule has 0 aromatic carbocycles. The summed E-state index contributed by atoms with van der Waals surface area (Å²) in [4.78, 5) is 28.2. The van der Waals surface area contributed by atoms with E-state index in [0.717, 1.165) is 0 Å². The van der Waals surface area contributed by atoms with Gasteiger partial charge in [0.25, 0.3) is 5.91 Å². The molecule has 2 aromatic heterocycles. The second kappa shape index (κ2) is 4.33. The summed E-state index contributed by atoms with van der Waals surface area (Å²) in [7, 11) is 0. The third kappa shape index (κ3) is 1.70. The maximum atomic E-state index is 13.9. The summed E-state index contributed by atoms with van der Waals surface area (Å²) in [6, 6.07) is 0. The van der Waals surface area contributed by atoms with Crippen molar-refractivity contribution in [2.24, 2.45) is 5.73 Å². The highest BCUT2D eigenvalue weighted by Gasteiger charge is 2.36. The van der Waals surface area contributed by atoms with Gasteiger partial charge in [0.2, 0.25) is 5.43 Å². The number of rotatable bonds is 1. The monoisotopic (exact) mass is 325 g/mol. The van der Waals surface area contributed by atoms with Crippen LogP contribution in [0.2, 0.25) is 5.15 Å². The summed E-state index contributed by atoms with van der Waals surface area (Å²) < 4.78 is 15.5. The molecule has 0 radical (unpaired) electrons. The van der Waals surface area contributed by atoms with E-state index in [1.165, 1.54) is 0 Å². The molecule has 22 heavy (non-hydrogen) atoms. The maximum Gasteiger partial charge on any atom is 0.256 e. The van der Waals surface area contributed by atoms with Gasteiger partial charge in [-0.05, 0) is 13.8 Å². The topological polar surface area (TPSA) is 116 Å². The summed E-state index contributed by atoms with van der Waals surface area (Å²) >= 11 is 5.75. The first kappa shape index (κ1) is 14.6. The van der Waals surface area contributed by atoms with Crippen molar-refractivity contribution >= 4 is 40.0 Å². The summed E-state index contributed by atoms with van der Waals surface area (Å²) in [5.41, 5.74) is 9.10. The molecule has 0 spiro atoms. The lowest BCUT2D eigenvalue weighted by Crippen LogP contribution is -2.30. The number of aromatic nitrogens is 2. The second-order valence-corrected chi connectivity index (χ2v) is 6.11. The number of primary amides is 1. The molecule has 3 rings (SSSR count). The number of halogens is 2. The third-order valence-electron chi connectivity index (χ3n) is 3.78. The van der Waals surface area contributed by atoms with Crippen molar-refractivity contribution in [1.82, 2.24) is 9.55 Å². The lowest BCUT2D eigenvalue weighted by Gasteiger charge is -2.23. The second-order valence-electron chi connectivity index (χ2n) is 5.75.